The Labute approximate surface area is 289 Å². The number of ketones is 3. The summed E-state index contributed by atoms with van der Waals surface area (Å²) in [7, 11) is 6.29. The molecular formula is C40H35NO9. The van der Waals surface area contributed by atoms with Crippen molar-refractivity contribution in [2.75, 3.05) is 28.3 Å². The lowest BCUT2D eigenvalue weighted by Crippen LogP contribution is -2.65. The Morgan fingerprint density at radius 1 is 0.860 bits per heavy atom. The number of aromatic hydroxyl groups is 1. The van der Waals surface area contributed by atoms with Gasteiger partial charge in [0.25, 0.3) is 0 Å². The molecule has 0 aliphatic heterocycles. The Morgan fingerprint density at radius 2 is 1.40 bits per heavy atom. The largest absolute Gasteiger partial charge is 0.508 e. The molecule has 0 heterocycles. The van der Waals surface area contributed by atoms with E-state index in [1.807, 2.05) is 0 Å². The zero-order chi connectivity index (χ0) is 36.1. The average molecular weight is 674 g/mol. The third-order valence-corrected chi connectivity index (χ3v) is 9.69. The molecule has 4 N–H and O–H groups in total. The van der Waals surface area contributed by atoms with Crippen molar-refractivity contribution in [3.63, 3.8) is 0 Å². The van der Waals surface area contributed by atoms with Gasteiger partial charge < -0.3 is 29.9 Å². The highest BCUT2D eigenvalue weighted by molar-refractivity contribution is 6.25. The molecule has 254 valence electrons. The smallest absolute Gasteiger partial charge is 0.202 e. The van der Waals surface area contributed by atoms with Crippen LogP contribution in [0.3, 0.4) is 0 Å². The van der Waals surface area contributed by atoms with Crippen LogP contribution in [0.1, 0.15) is 46.7 Å². The molecule has 0 amide bonds. The number of ether oxygens (including phenoxy) is 2. The number of carbonyl (C=O) groups is 3. The first kappa shape index (κ1) is 34.1. The van der Waals surface area contributed by atoms with Crippen LogP contribution in [0.4, 0.5) is 0 Å². The van der Waals surface area contributed by atoms with Crippen LogP contribution in [0, 0.1) is 35.5 Å². The number of hydrogen-bond acceptors (Lipinski definition) is 10. The monoisotopic (exact) mass is 673 g/mol. The third-order valence-electron chi connectivity index (χ3n) is 9.69. The molecule has 10 nitrogen and oxygen atoms in total. The number of phenolic OH excluding ortho intramolecular Hbond substituents is 1. The highest BCUT2D eigenvalue weighted by atomic mass is 16.5. The Kier molecular flexibility index (Phi) is 8.79. The van der Waals surface area contributed by atoms with Gasteiger partial charge in [-0.2, -0.15) is 0 Å². The summed E-state index contributed by atoms with van der Waals surface area (Å²) in [6.07, 6.45) is 0.105. The predicted octanol–water partition coefficient (Wildman–Crippen LogP) is 3.88. The van der Waals surface area contributed by atoms with Gasteiger partial charge in [0.1, 0.15) is 34.3 Å². The number of methoxy groups -OCH3 is 2. The molecular weight excluding hydrogens is 638 g/mol. The molecule has 3 aromatic rings. The standard InChI is InChI=1S/C40H35NO9/c1-21(42)31-37(45)34(41(2)3)30-20-26-19-29-24(12-6-22-8-14-27(49-4)15-9-22)18-25(13-7-23-10-16-28(50-5)17-11-23)35(43)33(29)36(44)32(26)39(47)40(30,48)38(31)46/h8-11,14-18,26,30,34,43-44,46,48H,19-20H2,1-5H3/t26-,30-,34-,40+/m0/s1. The molecule has 0 saturated heterocycles. The maximum absolute atomic E-state index is 14.3. The van der Waals surface area contributed by atoms with Gasteiger partial charge in [-0.15, -0.1) is 0 Å². The van der Waals surface area contributed by atoms with Crippen molar-refractivity contribution in [1.82, 2.24) is 4.90 Å². The number of aliphatic hydroxyl groups excluding tert-OH is 2. The van der Waals surface area contributed by atoms with Crippen LogP contribution in [0.2, 0.25) is 0 Å². The van der Waals surface area contributed by atoms with Gasteiger partial charge in [-0.05, 0) is 99.9 Å². The molecule has 1 fully saturated rings. The zero-order valence-electron chi connectivity index (χ0n) is 28.1. The number of likely N-dealkylation sites (N-methyl/N-ethyl adjacent to an activating group) is 1. The SMILES string of the molecule is COc1ccc(C#Cc2cc(C#Cc3ccc(OC)cc3)c3c(c2O)C(O)=C2C(=O)[C@]4(O)C(O)=C(C(C)=O)C(=O)[C@@H](N(C)C)[C@@H]4C[C@@H]2C3)cc1. The van der Waals surface area contributed by atoms with Gasteiger partial charge in [0.2, 0.25) is 5.78 Å². The van der Waals surface area contributed by atoms with Gasteiger partial charge in [0.05, 0.1) is 31.4 Å². The van der Waals surface area contributed by atoms with E-state index in [0.29, 0.717) is 33.8 Å². The van der Waals surface area contributed by atoms with Crippen molar-refractivity contribution in [2.45, 2.75) is 31.4 Å². The number of fused-ring (bicyclic) bond motifs is 3. The highest BCUT2D eigenvalue weighted by Gasteiger charge is 2.64. The molecule has 0 unspecified atom stereocenters. The Hall–Kier alpha value is -5.81. The minimum absolute atomic E-state index is 0.00393. The number of Topliss-reactive ketones (excluding diaryl/α,β-unsaturated/α-hetero) is 3. The maximum atomic E-state index is 14.3. The van der Waals surface area contributed by atoms with Gasteiger partial charge in [-0.25, -0.2) is 0 Å². The molecule has 4 atom stereocenters. The van der Waals surface area contributed by atoms with E-state index in [0.717, 1.165) is 6.92 Å². The quantitative estimate of drug-likeness (QED) is 0.237. The number of carbonyl (C=O) groups excluding carboxylic acids is 3. The highest BCUT2D eigenvalue weighted by Crippen LogP contribution is 2.53. The molecule has 6 rings (SSSR count). The van der Waals surface area contributed by atoms with E-state index in [-0.39, 0.29) is 29.5 Å². The first-order valence-electron chi connectivity index (χ1n) is 15.9. The first-order chi connectivity index (χ1) is 23.8. The van der Waals surface area contributed by atoms with E-state index >= 15 is 0 Å². The van der Waals surface area contributed by atoms with Crippen molar-refractivity contribution in [3.05, 3.63) is 105 Å². The Morgan fingerprint density at radius 3 is 1.90 bits per heavy atom. The summed E-state index contributed by atoms with van der Waals surface area (Å²) in [6.45, 7) is 1.07. The van der Waals surface area contributed by atoms with Gasteiger partial charge in [0.15, 0.2) is 17.2 Å². The minimum atomic E-state index is -2.67. The topological polar surface area (TPSA) is 154 Å². The fourth-order valence-corrected chi connectivity index (χ4v) is 7.25. The number of phenols is 1. The zero-order valence-corrected chi connectivity index (χ0v) is 28.1. The predicted molar refractivity (Wildman–Crippen MR) is 184 cm³/mol. The summed E-state index contributed by atoms with van der Waals surface area (Å²) in [5.74, 6) is 7.11. The fraction of sp³-hybridized carbons (Fsp3) is 0.275. The number of hydrogen-bond donors (Lipinski definition) is 4. The van der Waals surface area contributed by atoms with E-state index in [4.69, 9.17) is 9.47 Å². The normalized spacial score (nSPS) is 22.4. The number of benzene rings is 3. The number of nitrogens with zero attached hydrogens (tertiary/aromatic N) is 1. The van der Waals surface area contributed by atoms with E-state index in [9.17, 15) is 34.8 Å². The first-order valence-corrected chi connectivity index (χ1v) is 15.9. The summed E-state index contributed by atoms with van der Waals surface area (Å²) in [6, 6.07) is 14.6. The fourth-order valence-electron chi connectivity index (χ4n) is 7.25. The maximum Gasteiger partial charge on any atom is 0.202 e. The summed E-state index contributed by atoms with van der Waals surface area (Å²) >= 11 is 0. The molecule has 50 heavy (non-hydrogen) atoms. The van der Waals surface area contributed by atoms with Crippen molar-refractivity contribution >= 4 is 23.1 Å². The van der Waals surface area contributed by atoms with Gasteiger partial charge >= 0.3 is 0 Å². The summed E-state index contributed by atoms with van der Waals surface area (Å²) < 4.78 is 10.5. The second-order valence-corrected chi connectivity index (χ2v) is 12.8. The van der Waals surface area contributed by atoms with E-state index < -0.39 is 63.7 Å². The molecule has 0 aromatic heterocycles. The Bertz CT molecular complexity index is 2140. The molecule has 0 radical (unpaired) electrons. The van der Waals surface area contributed by atoms with Crippen LogP contribution in [-0.4, -0.2) is 82.6 Å². The Balaban J connectivity index is 1.55. The van der Waals surface area contributed by atoms with Crippen molar-refractivity contribution in [2.24, 2.45) is 11.8 Å². The van der Waals surface area contributed by atoms with Crippen molar-refractivity contribution in [3.8, 4) is 40.9 Å². The summed E-state index contributed by atoms with van der Waals surface area (Å²) in [5.41, 5.74) is -1.29. The lowest BCUT2D eigenvalue weighted by atomic mass is 9.57. The lowest BCUT2D eigenvalue weighted by molar-refractivity contribution is -0.153. The van der Waals surface area contributed by atoms with Crippen LogP contribution < -0.4 is 9.47 Å². The van der Waals surface area contributed by atoms with E-state index in [1.165, 1.54) is 4.90 Å². The van der Waals surface area contributed by atoms with Crippen molar-refractivity contribution in [1.29, 1.82) is 0 Å². The molecule has 1 saturated carbocycles. The van der Waals surface area contributed by atoms with Crippen LogP contribution in [0.15, 0.2) is 71.5 Å². The molecule has 3 aliphatic carbocycles. The number of aliphatic hydroxyl groups is 3. The van der Waals surface area contributed by atoms with Crippen molar-refractivity contribution < 1.29 is 44.3 Å². The molecule has 0 spiro atoms. The minimum Gasteiger partial charge on any atom is -0.508 e. The molecule has 10 heteroatoms. The second-order valence-electron chi connectivity index (χ2n) is 12.8. The van der Waals surface area contributed by atoms with Crippen LogP contribution in [-0.2, 0) is 20.8 Å². The molecule has 0 bridgehead atoms. The summed E-state index contributed by atoms with van der Waals surface area (Å²) in [4.78, 5) is 41.9. The van der Waals surface area contributed by atoms with Crippen LogP contribution >= 0.6 is 0 Å². The van der Waals surface area contributed by atoms with E-state index in [2.05, 4.69) is 23.7 Å². The number of rotatable bonds is 4. The van der Waals surface area contributed by atoms with Gasteiger partial charge in [-0.3, -0.25) is 19.3 Å². The molecule has 3 aromatic carbocycles. The van der Waals surface area contributed by atoms with Crippen LogP contribution in [0.5, 0.6) is 17.2 Å². The van der Waals surface area contributed by atoms with Crippen LogP contribution in [0.25, 0.3) is 5.76 Å². The second kappa shape index (κ2) is 12.9. The summed E-state index contributed by atoms with van der Waals surface area (Å²) in [5, 5.41) is 46.7. The average Bonchev–Trinajstić information content (AvgIpc) is 3.09. The van der Waals surface area contributed by atoms with Gasteiger partial charge in [-0.1, -0.05) is 23.7 Å². The lowest BCUT2D eigenvalue weighted by Gasteiger charge is -2.50. The third kappa shape index (κ3) is 5.49. The van der Waals surface area contributed by atoms with Gasteiger partial charge in [0, 0.05) is 28.2 Å². The van der Waals surface area contributed by atoms with E-state index in [1.54, 1.807) is 82.9 Å². The molecule has 3 aliphatic rings.